The molecule has 1 aromatic carbocycles. The van der Waals surface area contributed by atoms with Gasteiger partial charge in [0, 0.05) is 28.7 Å². The minimum Gasteiger partial charge on any atom is -0.337 e. The number of piperidine rings is 1. The summed E-state index contributed by atoms with van der Waals surface area (Å²) in [6.07, 6.45) is 4.83. The van der Waals surface area contributed by atoms with Gasteiger partial charge in [-0.1, -0.05) is 22.0 Å². The molecule has 0 aromatic heterocycles. The van der Waals surface area contributed by atoms with Crippen molar-refractivity contribution in [2.75, 3.05) is 26.7 Å². The molecule has 1 aromatic rings. The van der Waals surface area contributed by atoms with E-state index >= 15 is 0 Å². The molecule has 2 saturated heterocycles. The monoisotopic (exact) mass is 336 g/mol. The van der Waals surface area contributed by atoms with Crippen LogP contribution < -0.4 is 0 Å². The van der Waals surface area contributed by atoms with Crippen molar-refractivity contribution in [2.45, 2.75) is 31.2 Å². The quantitative estimate of drug-likeness (QED) is 0.786. The van der Waals surface area contributed by atoms with E-state index in [9.17, 15) is 4.79 Å². The van der Waals surface area contributed by atoms with Gasteiger partial charge in [0.05, 0.1) is 0 Å². The maximum absolute atomic E-state index is 12.7. The first kappa shape index (κ1) is 14.1. The lowest BCUT2D eigenvalue weighted by molar-refractivity contribution is 0.0412. The van der Waals surface area contributed by atoms with Crippen molar-refractivity contribution in [3.63, 3.8) is 0 Å². The van der Waals surface area contributed by atoms with E-state index in [0.29, 0.717) is 0 Å². The highest BCUT2D eigenvalue weighted by molar-refractivity contribution is 9.10. The van der Waals surface area contributed by atoms with Crippen molar-refractivity contribution in [2.24, 2.45) is 0 Å². The second-order valence-corrected chi connectivity index (χ2v) is 7.01. The van der Waals surface area contributed by atoms with Gasteiger partial charge >= 0.3 is 0 Å². The Morgan fingerprint density at radius 2 is 2.00 bits per heavy atom. The van der Waals surface area contributed by atoms with Gasteiger partial charge in [-0.15, -0.1) is 0 Å². The van der Waals surface area contributed by atoms with Gasteiger partial charge in [0.15, 0.2) is 0 Å². The zero-order chi connectivity index (χ0) is 14.2. The van der Waals surface area contributed by atoms with Crippen molar-refractivity contribution in [3.8, 4) is 0 Å². The number of rotatable bonds is 1. The molecule has 1 atom stereocenters. The van der Waals surface area contributed by atoms with Crippen LogP contribution in [0.1, 0.15) is 36.0 Å². The lowest BCUT2D eigenvalue weighted by atomic mass is 9.86. The normalized spacial score (nSPS) is 27.2. The van der Waals surface area contributed by atoms with Gasteiger partial charge in [0.1, 0.15) is 0 Å². The van der Waals surface area contributed by atoms with Crippen molar-refractivity contribution < 1.29 is 4.79 Å². The summed E-state index contributed by atoms with van der Waals surface area (Å²) in [7, 11) is 2.21. The third-order valence-corrected chi connectivity index (χ3v) is 5.35. The van der Waals surface area contributed by atoms with Gasteiger partial charge < -0.3 is 4.90 Å². The molecule has 1 unspecified atom stereocenters. The Morgan fingerprint density at radius 1 is 1.25 bits per heavy atom. The van der Waals surface area contributed by atoms with E-state index in [1.165, 1.54) is 25.8 Å². The summed E-state index contributed by atoms with van der Waals surface area (Å²) < 4.78 is 0.966. The smallest absolute Gasteiger partial charge is 0.253 e. The zero-order valence-electron chi connectivity index (χ0n) is 11.9. The highest BCUT2D eigenvalue weighted by Gasteiger charge is 2.43. The number of carbonyl (C=O) groups excluding carboxylic acids is 1. The van der Waals surface area contributed by atoms with Gasteiger partial charge in [0.25, 0.3) is 5.91 Å². The Bertz CT molecular complexity index is 519. The minimum atomic E-state index is 0.172. The molecule has 1 amide bonds. The Balaban J connectivity index is 1.78. The van der Waals surface area contributed by atoms with Crippen molar-refractivity contribution in [3.05, 3.63) is 34.3 Å². The summed E-state index contributed by atoms with van der Waals surface area (Å²) in [6.45, 7) is 2.94. The topological polar surface area (TPSA) is 23.6 Å². The summed E-state index contributed by atoms with van der Waals surface area (Å²) in [5, 5.41) is 0. The summed E-state index contributed by atoms with van der Waals surface area (Å²) in [5.41, 5.74) is 1.02. The largest absolute Gasteiger partial charge is 0.337 e. The molecule has 0 saturated carbocycles. The van der Waals surface area contributed by atoms with Gasteiger partial charge in [0.2, 0.25) is 0 Å². The summed E-state index contributed by atoms with van der Waals surface area (Å²) in [6, 6.07) is 7.71. The summed E-state index contributed by atoms with van der Waals surface area (Å²) >= 11 is 3.44. The van der Waals surface area contributed by atoms with Crippen LogP contribution in [-0.4, -0.2) is 47.9 Å². The molecule has 2 aliphatic heterocycles. The number of halogens is 1. The Morgan fingerprint density at radius 3 is 2.70 bits per heavy atom. The van der Waals surface area contributed by atoms with E-state index in [1.807, 2.05) is 29.2 Å². The average molecular weight is 337 g/mol. The molecule has 1 spiro atoms. The molecule has 4 heteroatoms. The molecule has 3 nitrogen and oxygen atoms in total. The van der Waals surface area contributed by atoms with E-state index in [4.69, 9.17) is 0 Å². The van der Waals surface area contributed by atoms with E-state index in [0.717, 1.165) is 29.5 Å². The molecular formula is C16H21BrN2O. The first-order valence-corrected chi connectivity index (χ1v) is 8.16. The molecule has 3 rings (SSSR count). The number of hydrogen-bond acceptors (Lipinski definition) is 2. The second-order valence-electron chi connectivity index (χ2n) is 6.09. The summed E-state index contributed by atoms with van der Waals surface area (Å²) in [4.78, 5) is 17.2. The molecule has 0 bridgehead atoms. The number of benzene rings is 1. The maximum atomic E-state index is 12.7. The number of carbonyl (C=O) groups is 1. The van der Waals surface area contributed by atoms with Crippen molar-refractivity contribution in [1.82, 2.24) is 9.80 Å². The highest BCUT2D eigenvalue weighted by atomic mass is 79.9. The van der Waals surface area contributed by atoms with Crippen LogP contribution in [0.2, 0.25) is 0 Å². The Kier molecular flexibility index (Phi) is 3.87. The third kappa shape index (κ3) is 2.51. The van der Waals surface area contributed by atoms with E-state index in [2.05, 4.69) is 27.9 Å². The molecule has 0 radical (unpaired) electrons. The average Bonchev–Trinajstić information content (AvgIpc) is 2.79. The van der Waals surface area contributed by atoms with Gasteiger partial charge in [-0.25, -0.2) is 0 Å². The highest BCUT2D eigenvalue weighted by Crippen LogP contribution is 2.36. The first-order valence-electron chi connectivity index (χ1n) is 7.37. The van der Waals surface area contributed by atoms with Crippen LogP contribution in [-0.2, 0) is 0 Å². The van der Waals surface area contributed by atoms with Crippen LogP contribution in [0.15, 0.2) is 28.7 Å². The van der Waals surface area contributed by atoms with E-state index in [-0.39, 0.29) is 11.4 Å². The first-order chi connectivity index (χ1) is 9.61. The van der Waals surface area contributed by atoms with Crippen LogP contribution in [0, 0.1) is 0 Å². The Labute approximate surface area is 129 Å². The lowest BCUT2D eigenvalue weighted by Crippen LogP contribution is -2.55. The zero-order valence-corrected chi connectivity index (χ0v) is 13.5. The SMILES string of the molecule is CN1CCCC12CCCN(C(=O)c1cccc(Br)c1)C2. The van der Waals surface area contributed by atoms with Crippen LogP contribution in [0.4, 0.5) is 0 Å². The van der Waals surface area contributed by atoms with Crippen LogP contribution in [0.3, 0.4) is 0 Å². The standard InChI is InChI=1S/C16H21BrN2O/c1-18-9-3-7-16(18)8-4-10-19(12-16)15(20)13-5-2-6-14(17)11-13/h2,5-6,11H,3-4,7-10,12H2,1H3. The van der Waals surface area contributed by atoms with Crippen LogP contribution >= 0.6 is 15.9 Å². The van der Waals surface area contributed by atoms with E-state index in [1.54, 1.807) is 0 Å². The number of likely N-dealkylation sites (N-methyl/N-ethyl adjacent to an activating group) is 1. The fourth-order valence-corrected chi connectivity index (χ4v) is 4.08. The van der Waals surface area contributed by atoms with E-state index < -0.39 is 0 Å². The Hall–Kier alpha value is -0.870. The summed E-state index contributed by atoms with van der Waals surface area (Å²) in [5.74, 6) is 0.172. The molecule has 20 heavy (non-hydrogen) atoms. The predicted molar refractivity (Wildman–Crippen MR) is 83.9 cm³/mol. The molecule has 108 valence electrons. The fourth-order valence-electron chi connectivity index (χ4n) is 3.68. The number of amides is 1. The van der Waals surface area contributed by atoms with Crippen LogP contribution in [0.5, 0.6) is 0 Å². The third-order valence-electron chi connectivity index (χ3n) is 4.86. The lowest BCUT2D eigenvalue weighted by Gasteiger charge is -2.44. The van der Waals surface area contributed by atoms with Gasteiger partial charge in [-0.3, -0.25) is 9.69 Å². The molecule has 0 N–H and O–H groups in total. The number of likely N-dealkylation sites (tertiary alicyclic amines) is 2. The van der Waals surface area contributed by atoms with Crippen molar-refractivity contribution in [1.29, 1.82) is 0 Å². The minimum absolute atomic E-state index is 0.172. The number of hydrogen-bond donors (Lipinski definition) is 0. The van der Waals surface area contributed by atoms with Crippen LogP contribution in [0.25, 0.3) is 0 Å². The maximum Gasteiger partial charge on any atom is 0.253 e. The molecule has 2 aliphatic rings. The fraction of sp³-hybridized carbons (Fsp3) is 0.562. The van der Waals surface area contributed by atoms with Gasteiger partial charge in [-0.05, 0) is 57.5 Å². The molecule has 0 aliphatic carbocycles. The molecule has 2 fully saturated rings. The van der Waals surface area contributed by atoms with Gasteiger partial charge in [-0.2, -0.15) is 0 Å². The second kappa shape index (κ2) is 5.49. The van der Waals surface area contributed by atoms with Crippen molar-refractivity contribution >= 4 is 21.8 Å². The molecular weight excluding hydrogens is 316 g/mol. The number of nitrogens with zero attached hydrogens (tertiary/aromatic N) is 2. The predicted octanol–water partition coefficient (Wildman–Crippen LogP) is 3.15. The molecule has 2 heterocycles.